The number of rotatable bonds is 7. The Morgan fingerprint density at radius 3 is 2.31 bits per heavy atom. The minimum Gasteiger partial charge on any atom is -0.496 e. The average Bonchev–Trinajstić information content (AvgIpc) is 3.01. The Balaban J connectivity index is 1.54. The first-order valence-corrected chi connectivity index (χ1v) is 13.4. The second-order valence-electron chi connectivity index (χ2n) is 10.2. The van der Waals surface area contributed by atoms with Crippen molar-refractivity contribution < 1.29 is 9.53 Å². The van der Waals surface area contributed by atoms with Gasteiger partial charge in [0.1, 0.15) is 11.2 Å². The number of amides is 1. The number of hydrogen-bond acceptors (Lipinski definition) is 5. The van der Waals surface area contributed by atoms with Gasteiger partial charge in [-0.2, -0.15) is 5.26 Å². The lowest BCUT2D eigenvalue weighted by Crippen LogP contribution is -2.54. The van der Waals surface area contributed by atoms with E-state index in [0.29, 0.717) is 38.5 Å². The molecular weight excluding hydrogens is 484 g/mol. The molecule has 2 unspecified atom stereocenters. The Kier molecular flexibility index (Phi) is 7.53. The number of ether oxygens (including phenoxy) is 1. The van der Waals surface area contributed by atoms with Gasteiger partial charge in [0, 0.05) is 49.9 Å². The molecule has 6 heteroatoms. The van der Waals surface area contributed by atoms with Crippen molar-refractivity contribution >= 4 is 22.4 Å². The lowest BCUT2D eigenvalue weighted by atomic mass is 9.68. The van der Waals surface area contributed by atoms with Crippen molar-refractivity contribution in [2.45, 2.75) is 19.4 Å². The highest BCUT2D eigenvalue weighted by Crippen LogP contribution is 2.47. The van der Waals surface area contributed by atoms with Gasteiger partial charge >= 0.3 is 0 Å². The average molecular weight is 519 g/mol. The Hall–Kier alpha value is -4.34. The normalized spacial score (nSPS) is 15.8. The van der Waals surface area contributed by atoms with Crippen LogP contribution in [0.25, 0.3) is 10.8 Å². The Labute approximate surface area is 230 Å². The number of methoxy groups -OCH3 is 1. The molecule has 4 aromatic rings. The summed E-state index contributed by atoms with van der Waals surface area (Å²) in [6.07, 6.45) is 0. The minimum absolute atomic E-state index is 0.166. The number of anilines is 1. The number of hydrogen-bond donors (Lipinski definition) is 1. The van der Waals surface area contributed by atoms with Crippen LogP contribution < -0.4 is 15.4 Å². The first-order chi connectivity index (χ1) is 19.0. The summed E-state index contributed by atoms with van der Waals surface area (Å²) in [5.74, 6) is -0.0400. The van der Waals surface area contributed by atoms with Gasteiger partial charge in [-0.1, -0.05) is 78.9 Å². The third-order valence-corrected chi connectivity index (χ3v) is 7.96. The molecule has 0 saturated carbocycles. The quantitative estimate of drug-likeness (QED) is 0.358. The molecule has 198 valence electrons. The molecule has 39 heavy (non-hydrogen) atoms. The van der Waals surface area contributed by atoms with Gasteiger partial charge in [0.15, 0.2) is 0 Å². The topological polar surface area (TPSA) is 82.6 Å². The Bertz CT molecular complexity index is 1510. The van der Waals surface area contributed by atoms with Crippen molar-refractivity contribution in [2.24, 2.45) is 11.1 Å². The van der Waals surface area contributed by atoms with Crippen LogP contribution in [0.2, 0.25) is 0 Å². The van der Waals surface area contributed by atoms with Crippen molar-refractivity contribution in [1.29, 1.82) is 5.26 Å². The SMILES string of the molecule is COc1ccccc1C(c1cccc2ccccc12)C(C)(C#N)C(=O)N1CCN(c2ccccc2CN)CC1. The fourth-order valence-electron chi connectivity index (χ4n) is 5.90. The van der Waals surface area contributed by atoms with Gasteiger partial charge < -0.3 is 20.3 Å². The molecule has 1 fully saturated rings. The largest absolute Gasteiger partial charge is 0.496 e. The summed E-state index contributed by atoms with van der Waals surface area (Å²) in [7, 11) is 1.63. The lowest BCUT2D eigenvalue weighted by Gasteiger charge is -2.41. The van der Waals surface area contributed by atoms with E-state index in [4.69, 9.17) is 10.5 Å². The van der Waals surface area contributed by atoms with Crippen molar-refractivity contribution in [3.8, 4) is 11.8 Å². The predicted molar refractivity (Wildman–Crippen MR) is 156 cm³/mol. The Morgan fingerprint density at radius 2 is 1.56 bits per heavy atom. The first kappa shape index (κ1) is 26.3. The van der Waals surface area contributed by atoms with E-state index in [1.807, 2.05) is 71.6 Å². The van der Waals surface area contributed by atoms with Gasteiger partial charge in [0.05, 0.1) is 13.2 Å². The standard InChI is InChI=1S/C33H34N4O2/c1-33(23-35,32(38)37-20-18-36(19-21-37)29-16-7-4-11-25(29)22-34)31(28-14-6-8-17-30(28)39-2)27-15-9-12-24-10-3-5-13-26(24)27/h3-17,31H,18-22,34H2,1-2H3. The number of benzene rings is 4. The van der Waals surface area contributed by atoms with Crippen molar-refractivity contribution in [3.63, 3.8) is 0 Å². The van der Waals surface area contributed by atoms with E-state index in [0.717, 1.165) is 33.2 Å². The molecule has 0 aromatic heterocycles. The molecule has 0 aliphatic carbocycles. The number of fused-ring (bicyclic) bond motifs is 1. The zero-order valence-electron chi connectivity index (χ0n) is 22.5. The molecular formula is C33H34N4O2. The highest BCUT2D eigenvalue weighted by Gasteiger charge is 2.47. The van der Waals surface area contributed by atoms with Gasteiger partial charge in [-0.15, -0.1) is 0 Å². The molecule has 1 amide bonds. The summed E-state index contributed by atoms with van der Waals surface area (Å²) in [6.45, 7) is 4.67. The summed E-state index contributed by atoms with van der Waals surface area (Å²) < 4.78 is 5.76. The summed E-state index contributed by atoms with van der Waals surface area (Å²) in [4.78, 5) is 18.5. The molecule has 0 spiro atoms. The maximum absolute atomic E-state index is 14.4. The molecule has 1 saturated heterocycles. The monoisotopic (exact) mass is 518 g/mol. The second-order valence-corrected chi connectivity index (χ2v) is 10.2. The van der Waals surface area contributed by atoms with E-state index >= 15 is 0 Å². The van der Waals surface area contributed by atoms with Crippen molar-refractivity contribution in [1.82, 2.24) is 4.90 Å². The summed E-state index contributed by atoms with van der Waals surface area (Å²) in [5.41, 5.74) is 8.57. The minimum atomic E-state index is -1.36. The number of para-hydroxylation sites is 2. The van der Waals surface area contributed by atoms with Crippen molar-refractivity contribution in [2.75, 3.05) is 38.2 Å². The van der Waals surface area contributed by atoms with E-state index in [-0.39, 0.29) is 5.91 Å². The molecule has 1 aliphatic heterocycles. The van der Waals surface area contributed by atoms with Crippen LogP contribution in [0.3, 0.4) is 0 Å². The molecule has 1 heterocycles. The molecule has 6 nitrogen and oxygen atoms in total. The zero-order chi connectivity index (χ0) is 27.4. The molecule has 0 radical (unpaired) electrons. The summed E-state index contributed by atoms with van der Waals surface area (Å²) >= 11 is 0. The molecule has 1 aliphatic rings. The van der Waals surface area contributed by atoms with E-state index in [1.165, 1.54) is 0 Å². The van der Waals surface area contributed by atoms with Gasteiger partial charge in [-0.3, -0.25) is 4.79 Å². The number of nitrogens with two attached hydrogens (primary N) is 1. The Morgan fingerprint density at radius 1 is 0.923 bits per heavy atom. The summed E-state index contributed by atoms with van der Waals surface area (Å²) in [6, 6.07) is 32.5. The maximum atomic E-state index is 14.4. The summed E-state index contributed by atoms with van der Waals surface area (Å²) in [5, 5.41) is 12.8. The van der Waals surface area contributed by atoms with Crippen LogP contribution >= 0.6 is 0 Å². The fraction of sp³-hybridized carbons (Fsp3) is 0.273. The van der Waals surface area contributed by atoms with Crippen LogP contribution in [-0.2, 0) is 11.3 Å². The van der Waals surface area contributed by atoms with Gasteiger partial charge in [0.25, 0.3) is 0 Å². The fourth-order valence-corrected chi connectivity index (χ4v) is 5.90. The van der Waals surface area contributed by atoms with Crippen LogP contribution in [0.15, 0.2) is 91.0 Å². The molecule has 2 atom stereocenters. The second kappa shape index (κ2) is 11.2. The van der Waals surface area contributed by atoms with Crippen LogP contribution in [0.5, 0.6) is 5.75 Å². The third kappa shape index (κ3) is 4.82. The zero-order valence-corrected chi connectivity index (χ0v) is 22.5. The van der Waals surface area contributed by atoms with E-state index in [2.05, 4.69) is 35.2 Å². The van der Waals surface area contributed by atoms with E-state index in [9.17, 15) is 10.1 Å². The van der Waals surface area contributed by atoms with Crippen LogP contribution in [0, 0.1) is 16.7 Å². The highest BCUT2D eigenvalue weighted by molar-refractivity contribution is 5.91. The van der Waals surface area contributed by atoms with Crippen molar-refractivity contribution in [3.05, 3.63) is 108 Å². The van der Waals surface area contributed by atoms with Crippen LogP contribution in [-0.4, -0.2) is 44.1 Å². The number of carbonyl (C=O) groups excluding carboxylic acids is 1. The smallest absolute Gasteiger partial charge is 0.243 e. The van der Waals surface area contributed by atoms with Crippen LogP contribution in [0.1, 0.15) is 29.5 Å². The van der Waals surface area contributed by atoms with Gasteiger partial charge in [0.2, 0.25) is 5.91 Å². The molecule has 5 rings (SSSR count). The maximum Gasteiger partial charge on any atom is 0.243 e. The predicted octanol–water partition coefficient (Wildman–Crippen LogP) is 5.32. The number of carbonyl (C=O) groups is 1. The number of nitrogens with zero attached hydrogens (tertiary/aromatic N) is 3. The van der Waals surface area contributed by atoms with E-state index < -0.39 is 11.3 Å². The number of piperazine rings is 1. The highest BCUT2D eigenvalue weighted by atomic mass is 16.5. The van der Waals surface area contributed by atoms with Gasteiger partial charge in [-0.25, -0.2) is 0 Å². The van der Waals surface area contributed by atoms with Gasteiger partial charge in [-0.05, 0) is 41.0 Å². The third-order valence-electron chi connectivity index (χ3n) is 7.96. The molecule has 4 aromatic carbocycles. The lowest BCUT2D eigenvalue weighted by molar-refractivity contribution is -0.139. The molecule has 2 N–H and O–H groups in total. The van der Waals surface area contributed by atoms with E-state index in [1.54, 1.807) is 14.0 Å². The molecule has 0 bridgehead atoms. The first-order valence-electron chi connectivity index (χ1n) is 13.4. The number of nitriles is 1. The van der Waals surface area contributed by atoms with Crippen LogP contribution in [0.4, 0.5) is 5.69 Å².